The number of piperidine rings is 3. The maximum Gasteiger partial charge on any atom is 0.309 e. The number of carbonyl (C=O) groups excluding carboxylic acids is 2. The average Bonchev–Trinajstić information content (AvgIpc) is 3.86. The van der Waals surface area contributed by atoms with Gasteiger partial charge in [-0.2, -0.15) is 0 Å². The Labute approximate surface area is 337 Å². The van der Waals surface area contributed by atoms with Crippen molar-refractivity contribution < 1.29 is 38.2 Å². The molecule has 5 saturated heterocycles. The molecule has 0 radical (unpaired) electrons. The van der Waals surface area contributed by atoms with Gasteiger partial charge in [0.1, 0.15) is 17.6 Å². The predicted octanol–water partition coefficient (Wildman–Crippen LogP) is 7.07. The van der Waals surface area contributed by atoms with E-state index in [4.69, 9.17) is 14.2 Å². The van der Waals surface area contributed by atoms with Gasteiger partial charge < -0.3 is 28.7 Å². The summed E-state index contributed by atoms with van der Waals surface area (Å²) in [4.78, 5) is 44.4. The number of nitrogens with zero attached hydrogens (tertiary/aromatic N) is 3. The van der Waals surface area contributed by atoms with Crippen molar-refractivity contribution in [3.05, 3.63) is 0 Å². The van der Waals surface area contributed by atoms with E-state index in [0.717, 1.165) is 110 Å². The van der Waals surface area contributed by atoms with Crippen LogP contribution in [0.15, 0.2) is 0 Å². The summed E-state index contributed by atoms with van der Waals surface area (Å²) in [7, 11) is 0. The zero-order chi connectivity index (χ0) is 39.9. The van der Waals surface area contributed by atoms with Gasteiger partial charge in [0.25, 0.3) is 0 Å². The smallest absolute Gasteiger partial charge is 0.309 e. The number of carboxylic acids is 1. The summed E-state index contributed by atoms with van der Waals surface area (Å²) < 4.78 is 19.2. The Morgan fingerprint density at radius 1 is 0.839 bits per heavy atom. The van der Waals surface area contributed by atoms with Crippen LogP contribution in [0.4, 0.5) is 0 Å². The molecule has 1 amide bonds. The van der Waals surface area contributed by atoms with E-state index in [-0.39, 0.29) is 51.9 Å². The normalized spacial score (nSPS) is 42.9. The fourth-order valence-electron chi connectivity index (χ4n) is 15.4. The van der Waals surface area contributed by atoms with Crippen LogP contribution >= 0.6 is 0 Å². The van der Waals surface area contributed by atoms with Gasteiger partial charge in [-0.25, -0.2) is 0 Å². The molecular weight excluding hydrogens is 707 g/mol. The van der Waals surface area contributed by atoms with Crippen molar-refractivity contribution in [2.45, 2.75) is 174 Å². The predicted molar refractivity (Wildman–Crippen MR) is 215 cm³/mol. The van der Waals surface area contributed by atoms with Crippen LogP contribution in [0.25, 0.3) is 0 Å². The number of hydrogen-bond acceptors (Lipinski definition) is 7. The van der Waals surface area contributed by atoms with Crippen LogP contribution in [-0.4, -0.2) is 126 Å². The standard InChI is InChI=1S/C42H67N3O7.C4H8/c1-37(2,36(48)49)28-34(46)52-33-10-15-39(5)30(38(33,3)4)9-16-42-31(39)13-24-45(42)32-8-7-14-41(32,18-17-40(42,45)6)35(47)44-19-11-29(12-20-44)51-27-23-43-21-25-50-26-22-43;1-4-2-3-4/h29-33H,7-28H2,1-6H3;4H,2-3H2,1H3/p+1/t30?,31?,32?,33?,39?,40-,41?,42?,45?;/m0./s1. The van der Waals surface area contributed by atoms with E-state index in [1.807, 2.05) is 0 Å². The molecule has 0 aromatic rings. The van der Waals surface area contributed by atoms with Gasteiger partial charge in [0.05, 0.1) is 44.3 Å². The Morgan fingerprint density at radius 2 is 1.54 bits per heavy atom. The molecule has 1 N–H and O–H groups in total. The summed E-state index contributed by atoms with van der Waals surface area (Å²) in [5, 5.41) is 9.61. The molecule has 9 rings (SSSR count). The van der Waals surface area contributed by atoms with Crippen LogP contribution in [0.3, 0.4) is 0 Å². The third-order valence-electron chi connectivity index (χ3n) is 18.6. The second-order valence-electron chi connectivity index (χ2n) is 22.0. The van der Waals surface area contributed by atoms with E-state index in [2.05, 4.69) is 44.4 Å². The summed E-state index contributed by atoms with van der Waals surface area (Å²) >= 11 is 0. The third kappa shape index (κ3) is 6.16. The molecule has 4 aliphatic carbocycles. The second-order valence-corrected chi connectivity index (χ2v) is 22.0. The molecule has 0 aromatic carbocycles. The Kier molecular flexibility index (Phi) is 10.6. The molecule has 2 spiro atoms. The molecule has 9 atom stereocenters. The SMILES string of the molecule is CC(C)(CC(=O)OC1CCC2(C)C(CCC34C2CC[N+]32C3CCCC3(C(=O)N3CCC(OCCN5CCOCC5)CC3)CC[C@@]42C)C1(C)C)C(=O)O.CC1CC1. The van der Waals surface area contributed by atoms with Gasteiger partial charge in [-0.1, -0.05) is 40.5 Å². The highest BCUT2D eigenvalue weighted by Crippen LogP contribution is 2.84. The van der Waals surface area contributed by atoms with Crippen molar-refractivity contribution in [2.75, 3.05) is 59.1 Å². The van der Waals surface area contributed by atoms with Crippen molar-refractivity contribution in [1.29, 1.82) is 0 Å². The molecule has 10 heteroatoms. The highest BCUT2D eigenvalue weighted by Gasteiger charge is 2.98. The lowest BCUT2D eigenvalue weighted by Gasteiger charge is -2.59. The van der Waals surface area contributed by atoms with Gasteiger partial charge >= 0.3 is 11.9 Å². The quantitative estimate of drug-likeness (QED) is 0.151. The van der Waals surface area contributed by atoms with Crippen molar-refractivity contribution in [1.82, 2.24) is 9.80 Å². The van der Waals surface area contributed by atoms with Crippen molar-refractivity contribution >= 4 is 17.8 Å². The van der Waals surface area contributed by atoms with Crippen LogP contribution in [0.2, 0.25) is 0 Å². The zero-order valence-electron chi connectivity index (χ0n) is 36.2. The highest BCUT2D eigenvalue weighted by molar-refractivity contribution is 5.84. The molecule has 9 fully saturated rings. The van der Waals surface area contributed by atoms with Crippen molar-refractivity contribution in [2.24, 2.45) is 39.4 Å². The third-order valence-corrected chi connectivity index (χ3v) is 18.6. The number of carbonyl (C=O) groups is 3. The minimum absolute atomic E-state index is 0.107. The molecule has 10 nitrogen and oxygen atoms in total. The molecule has 9 aliphatic rings. The monoisotopic (exact) mass is 783 g/mol. The van der Waals surface area contributed by atoms with Crippen LogP contribution < -0.4 is 0 Å². The zero-order valence-corrected chi connectivity index (χ0v) is 36.2. The lowest BCUT2D eigenvalue weighted by molar-refractivity contribution is -0.882. The first-order chi connectivity index (χ1) is 26.5. The van der Waals surface area contributed by atoms with Crippen molar-refractivity contribution in [3.63, 3.8) is 0 Å². The number of esters is 1. The topological polar surface area (TPSA) is 106 Å². The molecule has 8 unspecified atom stereocenters. The Hall–Kier alpha value is -1.75. The number of fused-ring (bicyclic) bond motifs is 3. The fraction of sp³-hybridized carbons (Fsp3) is 0.935. The number of amides is 1. The van der Waals surface area contributed by atoms with E-state index < -0.39 is 11.4 Å². The van der Waals surface area contributed by atoms with Crippen LogP contribution in [0.1, 0.15) is 145 Å². The fourth-order valence-corrected chi connectivity index (χ4v) is 15.4. The molecule has 4 saturated carbocycles. The molecule has 0 aromatic heterocycles. The minimum Gasteiger partial charge on any atom is -0.481 e. The van der Waals surface area contributed by atoms with Crippen molar-refractivity contribution in [3.8, 4) is 0 Å². The number of hydrogen-bond donors (Lipinski definition) is 1. The number of rotatable bonds is 9. The average molecular weight is 783 g/mol. The van der Waals surface area contributed by atoms with Gasteiger partial charge in [0.15, 0.2) is 11.1 Å². The van der Waals surface area contributed by atoms with Crippen LogP contribution in [-0.2, 0) is 28.6 Å². The first-order valence-electron chi connectivity index (χ1n) is 23.0. The summed E-state index contributed by atoms with van der Waals surface area (Å²) in [6, 6.07) is 0.439. The maximum absolute atomic E-state index is 14.9. The summed E-state index contributed by atoms with van der Waals surface area (Å²) in [6.45, 7) is 23.5. The van der Waals surface area contributed by atoms with Gasteiger partial charge in [-0.3, -0.25) is 19.3 Å². The number of carboxylic acid groups (broad SMARTS) is 1. The lowest BCUT2D eigenvalue weighted by Crippen LogP contribution is -2.61. The van der Waals surface area contributed by atoms with Crippen LogP contribution in [0, 0.1) is 39.4 Å². The molecule has 5 heterocycles. The number of ether oxygens (including phenoxy) is 3. The summed E-state index contributed by atoms with van der Waals surface area (Å²) in [5.74, 6) is 1.25. The lowest BCUT2D eigenvalue weighted by atomic mass is 9.44. The first kappa shape index (κ1) is 41.0. The number of likely N-dealkylation sites (tertiary alicyclic amines) is 1. The molecule has 0 bridgehead atoms. The minimum atomic E-state index is -1.14. The maximum atomic E-state index is 14.9. The Morgan fingerprint density at radius 3 is 2.20 bits per heavy atom. The van der Waals surface area contributed by atoms with E-state index in [1.165, 1.54) is 49.6 Å². The number of aliphatic carboxylic acids is 1. The molecular formula is C46H76N3O7+. The van der Waals surface area contributed by atoms with E-state index in [0.29, 0.717) is 23.8 Å². The first-order valence-corrected chi connectivity index (χ1v) is 23.0. The summed E-state index contributed by atoms with van der Waals surface area (Å²) in [5.41, 5.74) is -0.884. The van der Waals surface area contributed by atoms with Gasteiger partial charge in [-0.15, -0.1) is 0 Å². The molecule has 316 valence electrons. The Bertz CT molecular complexity index is 1520. The number of quaternary nitrogens is 1. The molecule has 5 aliphatic heterocycles. The largest absolute Gasteiger partial charge is 0.481 e. The summed E-state index contributed by atoms with van der Waals surface area (Å²) in [6.07, 6.45) is 15.9. The van der Waals surface area contributed by atoms with Crippen LogP contribution in [0.5, 0.6) is 0 Å². The van der Waals surface area contributed by atoms with E-state index in [9.17, 15) is 19.5 Å². The second kappa shape index (κ2) is 14.5. The van der Waals surface area contributed by atoms with Gasteiger partial charge in [0.2, 0.25) is 5.91 Å². The molecule has 56 heavy (non-hydrogen) atoms. The number of morpholine rings is 1. The van der Waals surface area contributed by atoms with E-state index in [1.54, 1.807) is 13.8 Å². The van der Waals surface area contributed by atoms with Gasteiger partial charge in [-0.05, 0) is 89.4 Å². The highest BCUT2D eigenvalue weighted by atomic mass is 16.5. The van der Waals surface area contributed by atoms with E-state index >= 15 is 0 Å². The Balaban J connectivity index is 0.00000104. The van der Waals surface area contributed by atoms with Gasteiger partial charge in [0, 0.05) is 69.7 Å².